The fraction of sp³-hybridized carbons (Fsp3) is 0.478. The highest BCUT2D eigenvalue weighted by Crippen LogP contribution is 2.30. The van der Waals surface area contributed by atoms with E-state index in [0.717, 1.165) is 56.0 Å². The van der Waals surface area contributed by atoms with Gasteiger partial charge in [0.1, 0.15) is 11.6 Å². The third-order valence-electron chi connectivity index (χ3n) is 6.51. The number of aromatic nitrogens is 4. The van der Waals surface area contributed by atoms with Gasteiger partial charge >= 0.3 is 0 Å². The monoisotopic (exact) mass is 456 g/mol. The third kappa shape index (κ3) is 4.80. The fourth-order valence-electron chi connectivity index (χ4n) is 4.58. The normalized spacial score (nSPS) is 18.1. The van der Waals surface area contributed by atoms with Crippen molar-refractivity contribution in [2.75, 3.05) is 31.6 Å². The number of amides is 1. The van der Waals surface area contributed by atoms with Gasteiger partial charge in [-0.25, -0.2) is 13.8 Å². The molecule has 2 aromatic heterocycles. The molecule has 2 N–H and O–H groups in total. The molecule has 5 rings (SSSR count). The zero-order chi connectivity index (χ0) is 22.8. The molecule has 0 radical (unpaired) electrons. The number of carbonyl (C=O) groups excluding carboxylic acids is 1. The Morgan fingerprint density at radius 1 is 1.18 bits per heavy atom. The Morgan fingerprint density at radius 3 is 2.73 bits per heavy atom. The molecule has 3 aromatic rings. The van der Waals surface area contributed by atoms with Gasteiger partial charge in [-0.2, -0.15) is 10.1 Å². The molecule has 1 amide bonds. The van der Waals surface area contributed by atoms with E-state index in [1.165, 1.54) is 12.1 Å². The minimum Gasteiger partial charge on any atom is -0.381 e. The molecule has 0 aliphatic carbocycles. The lowest BCUT2D eigenvalue weighted by Crippen LogP contribution is -2.43. The van der Waals surface area contributed by atoms with E-state index in [1.54, 1.807) is 4.90 Å². The number of rotatable bonds is 5. The maximum absolute atomic E-state index is 13.9. The van der Waals surface area contributed by atoms with E-state index >= 15 is 0 Å². The van der Waals surface area contributed by atoms with Gasteiger partial charge in [-0.3, -0.25) is 9.89 Å². The fourth-order valence-corrected chi connectivity index (χ4v) is 4.58. The van der Waals surface area contributed by atoms with Crippen molar-refractivity contribution in [2.24, 2.45) is 0 Å². The van der Waals surface area contributed by atoms with Crippen LogP contribution in [0.25, 0.3) is 11.0 Å². The van der Waals surface area contributed by atoms with Crippen LogP contribution in [0.4, 0.5) is 14.7 Å². The summed E-state index contributed by atoms with van der Waals surface area (Å²) < 4.78 is 32.4. The molecular formula is C23H26F2N6O2. The summed E-state index contributed by atoms with van der Waals surface area (Å²) in [6, 6.07) is 3.43. The molecular weight excluding hydrogens is 430 g/mol. The number of anilines is 1. The number of aromatic amines is 1. The number of fused-ring (bicyclic) bond motifs is 1. The molecule has 0 bridgehead atoms. The lowest BCUT2D eigenvalue weighted by atomic mass is 9.95. The maximum Gasteiger partial charge on any atom is 0.227 e. The van der Waals surface area contributed by atoms with Crippen molar-refractivity contribution in [3.63, 3.8) is 0 Å². The zero-order valence-corrected chi connectivity index (χ0v) is 18.2. The van der Waals surface area contributed by atoms with Crippen molar-refractivity contribution in [1.82, 2.24) is 25.1 Å². The molecule has 8 nitrogen and oxygen atoms in total. The Labute approximate surface area is 189 Å². The molecule has 10 heteroatoms. The van der Waals surface area contributed by atoms with Crippen LogP contribution >= 0.6 is 0 Å². The average molecular weight is 456 g/mol. The number of hydrogen-bond donors (Lipinski definition) is 2. The summed E-state index contributed by atoms with van der Waals surface area (Å²) in [5.74, 6) is -0.590. The second-order valence-electron chi connectivity index (χ2n) is 8.67. The summed E-state index contributed by atoms with van der Waals surface area (Å²) in [4.78, 5) is 23.3. The van der Waals surface area contributed by atoms with Gasteiger partial charge in [-0.05, 0) is 37.3 Å². The van der Waals surface area contributed by atoms with Crippen molar-refractivity contribution in [3.05, 3.63) is 47.3 Å². The Kier molecular flexibility index (Phi) is 6.17. The van der Waals surface area contributed by atoms with Crippen LogP contribution in [0.15, 0.2) is 24.4 Å². The Bertz CT molecular complexity index is 1140. The predicted molar refractivity (Wildman–Crippen MR) is 118 cm³/mol. The topological polar surface area (TPSA) is 96.0 Å². The molecule has 0 saturated carbocycles. The van der Waals surface area contributed by atoms with Crippen LogP contribution in [0, 0.1) is 11.6 Å². The number of hydrogen-bond acceptors (Lipinski definition) is 6. The minimum absolute atomic E-state index is 0.0708. The predicted octanol–water partition coefficient (Wildman–Crippen LogP) is 3.17. The second-order valence-corrected chi connectivity index (χ2v) is 8.67. The highest BCUT2D eigenvalue weighted by molar-refractivity contribution is 5.79. The van der Waals surface area contributed by atoms with Gasteiger partial charge in [-0.15, -0.1) is 0 Å². The van der Waals surface area contributed by atoms with Crippen molar-refractivity contribution >= 4 is 22.9 Å². The first-order valence-electron chi connectivity index (χ1n) is 11.3. The molecule has 1 aromatic carbocycles. The highest BCUT2D eigenvalue weighted by Gasteiger charge is 2.25. The van der Waals surface area contributed by atoms with Crippen LogP contribution < -0.4 is 5.32 Å². The summed E-state index contributed by atoms with van der Waals surface area (Å²) in [6.07, 6.45) is 5.12. The number of carbonyl (C=O) groups is 1. The summed E-state index contributed by atoms with van der Waals surface area (Å²) >= 11 is 0. The Hall–Kier alpha value is -3.14. The first-order chi connectivity index (χ1) is 16.1. The molecule has 2 saturated heterocycles. The molecule has 0 spiro atoms. The van der Waals surface area contributed by atoms with Crippen LogP contribution in [0.3, 0.4) is 0 Å². The first kappa shape index (κ1) is 21.7. The van der Waals surface area contributed by atoms with Gasteiger partial charge in [0, 0.05) is 56.2 Å². The molecule has 4 heterocycles. The lowest BCUT2D eigenvalue weighted by Gasteiger charge is -2.32. The van der Waals surface area contributed by atoms with Crippen LogP contribution in [0.2, 0.25) is 0 Å². The zero-order valence-electron chi connectivity index (χ0n) is 18.2. The van der Waals surface area contributed by atoms with Gasteiger partial charge in [0.15, 0.2) is 5.65 Å². The van der Waals surface area contributed by atoms with Crippen LogP contribution in [-0.2, 0) is 16.0 Å². The van der Waals surface area contributed by atoms with E-state index in [2.05, 4.69) is 25.5 Å². The number of H-pyrrole nitrogens is 1. The number of piperidine rings is 1. The molecule has 0 atom stereocenters. The number of ether oxygens (including phenoxy) is 1. The van der Waals surface area contributed by atoms with E-state index in [-0.39, 0.29) is 23.9 Å². The van der Waals surface area contributed by atoms with E-state index in [9.17, 15) is 13.6 Å². The van der Waals surface area contributed by atoms with Gasteiger partial charge in [0.05, 0.1) is 11.8 Å². The second kappa shape index (κ2) is 9.38. The Morgan fingerprint density at radius 2 is 1.97 bits per heavy atom. The SMILES string of the molecule is O=C(Cc1ccc(F)cc1F)N1CCC(Nc2ncc3c(C4CCOCC4)[nH]nc3n2)CC1. The standard InChI is InChI=1S/C23H26F2N6O2/c24-16-2-1-15(19(25)12-16)11-20(32)31-7-3-17(4-8-31)27-23-26-13-18-21(29-30-22(18)28-23)14-5-9-33-10-6-14/h1-2,12-14,17H,3-11H2,(H2,26,27,28,29,30). The van der Waals surface area contributed by atoms with Crippen molar-refractivity contribution < 1.29 is 18.3 Å². The quantitative estimate of drug-likeness (QED) is 0.612. The van der Waals surface area contributed by atoms with E-state index in [4.69, 9.17) is 4.74 Å². The first-order valence-corrected chi connectivity index (χ1v) is 11.3. The molecule has 2 aliphatic heterocycles. The summed E-state index contributed by atoms with van der Waals surface area (Å²) in [6.45, 7) is 2.62. The van der Waals surface area contributed by atoms with Gasteiger partial charge < -0.3 is 15.0 Å². The van der Waals surface area contributed by atoms with E-state index in [0.29, 0.717) is 30.6 Å². The summed E-state index contributed by atoms with van der Waals surface area (Å²) in [5, 5.41) is 11.8. The number of halogens is 2. The van der Waals surface area contributed by atoms with Crippen LogP contribution in [0.1, 0.15) is 42.9 Å². The molecule has 174 valence electrons. The summed E-state index contributed by atoms with van der Waals surface area (Å²) in [5.41, 5.74) is 1.93. The number of nitrogens with one attached hydrogen (secondary N) is 2. The van der Waals surface area contributed by atoms with E-state index < -0.39 is 11.6 Å². The molecule has 2 aliphatic rings. The molecule has 33 heavy (non-hydrogen) atoms. The largest absolute Gasteiger partial charge is 0.381 e. The van der Waals surface area contributed by atoms with Gasteiger partial charge in [0.25, 0.3) is 0 Å². The van der Waals surface area contributed by atoms with Crippen LogP contribution in [-0.4, -0.2) is 63.3 Å². The third-order valence-corrected chi connectivity index (χ3v) is 6.51. The lowest BCUT2D eigenvalue weighted by molar-refractivity contribution is -0.131. The smallest absolute Gasteiger partial charge is 0.227 e. The number of nitrogens with zero attached hydrogens (tertiary/aromatic N) is 4. The number of benzene rings is 1. The molecule has 0 unspecified atom stereocenters. The maximum atomic E-state index is 13.9. The van der Waals surface area contributed by atoms with Gasteiger partial charge in [-0.1, -0.05) is 6.07 Å². The average Bonchev–Trinajstić information content (AvgIpc) is 3.25. The number of likely N-dealkylation sites (tertiary alicyclic amines) is 1. The molecule has 2 fully saturated rings. The van der Waals surface area contributed by atoms with Crippen LogP contribution in [0.5, 0.6) is 0 Å². The summed E-state index contributed by atoms with van der Waals surface area (Å²) in [7, 11) is 0. The minimum atomic E-state index is -0.689. The van der Waals surface area contributed by atoms with E-state index in [1.807, 2.05) is 6.20 Å². The van der Waals surface area contributed by atoms with Crippen molar-refractivity contribution in [3.8, 4) is 0 Å². The van der Waals surface area contributed by atoms with Crippen molar-refractivity contribution in [1.29, 1.82) is 0 Å². The van der Waals surface area contributed by atoms with Gasteiger partial charge in [0.2, 0.25) is 11.9 Å². The van der Waals surface area contributed by atoms with Crippen molar-refractivity contribution in [2.45, 2.75) is 44.1 Å². The Balaban J connectivity index is 1.16. The highest BCUT2D eigenvalue weighted by atomic mass is 19.1.